The molecule has 0 heterocycles. The lowest BCUT2D eigenvalue weighted by atomic mass is 10.1. The van der Waals surface area contributed by atoms with Gasteiger partial charge in [0.25, 0.3) is 0 Å². The third-order valence-electron chi connectivity index (χ3n) is 3.17. The van der Waals surface area contributed by atoms with Crippen molar-refractivity contribution >= 4 is 45.8 Å². The van der Waals surface area contributed by atoms with E-state index >= 15 is 0 Å². The maximum absolute atomic E-state index is 11.9. The normalized spacial score (nSPS) is 11.1. The van der Waals surface area contributed by atoms with E-state index < -0.39 is 0 Å². The number of thioether (sulfide) groups is 1. The molecule has 2 aromatic rings. The summed E-state index contributed by atoms with van der Waals surface area (Å²) in [6.45, 7) is 6.01. The summed E-state index contributed by atoms with van der Waals surface area (Å²) in [5.74, 6) is 1.06. The number of nitrogens with one attached hydrogen (secondary N) is 3. The SMILES string of the molecule is CC(C)(C)NC(=S)NNC(=O)CSCc1cccc2ccccc12. The predicted octanol–water partition coefficient (Wildman–Crippen LogP) is 3.37. The second-order valence-corrected chi connectivity index (χ2v) is 7.90. The molecular formula is C18H23N3OS2. The van der Waals surface area contributed by atoms with Crippen LogP contribution < -0.4 is 16.2 Å². The molecule has 1 amide bonds. The lowest BCUT2D eigenvalue weighted by molar-refractivity contribution is -0.119. The minimum absolute atomic E-state index is 0.0988. The fraction of sp³-hybridized carbons (Fsp3) is 0.333. The Morgan fingerprint density at radius 1 is 1.08 bits per heavy atom. The van der Waals surface area contributed by atoms with Gasteiger partial charge in [-0.1, -0.05) is 42.5 Å². The van der Waals surface area contributed by atoms with Crippen molar-refractivity contribution in [3.63, 3.8) is 0 Å². The molecule has 0 aliphatic carbocycles. The molecule has 24 heavy (non-hydrogen) atoms. The van der Waals surface area contributed by atoms with E-state index in [1.54, 1.807) is 11.8 Å². The molecule has 128 valence electrons. The van der Waals surface area contributed by atoms with E-state index in [-0.39, 0.29) is 11.4 Å². The number of benzene rings is 2. The van der Waals surface area contributed by atoms with Gasteiger partial charge in [-0.05, 0) is 49.3 Å². The number of hydrogen-bond donors (Lipinski definition) is 3. The molecule has 4 nitrogen and oxygen atoms in total. The van der Waals surface area contributed by atoms with E-state index in [1.807, 2.05) is 32.9 Å². The Morgan fingerprint density at radius 2 is 1.79 bits per heavy atom. The highest BCUT2D eigenvalue weighted by atomic mass is 32.2. The number of amides is 1. The smallest absolute Gasteiger partial charge is 0.248 e. The molecule has 0 unspecified atom stereocenters. The topological polar surface area (TPSA) is 53.2 Å². The molecule has 3 N–H and O–H groups in total. The number of hydrogen-bond acceptors (Lipinski definition) is 3. The number of rotatable bonds is 4. The van der Waals surface area contributed by atoms with Crippen molar-refractivity contribution in [1.82, 2.24) is 16.2 Å². The lowest BCUT2D eigenvalue weighted by Crippen LogP contribution is -2.52. The highest BCUT2D eigenvalue weighted by Gasteiger charge is 2.11. The minimum Gasteiger partial charge on any atom is -0.357 e. The third-order valence-corrected chi connectivity index (χ3v) is 4.36. The molecule has 2 rings (SSSR count). The van der Waals surface area contributed by atoms with Gasteiger partial charge in [0.1, 0.15) is 0 Å². The van der Waals surface area contributed by atoms with Gasteiger partial charge >= 0.3 is 0 Å². The molecule has 0 aromatic heterocycles. The van der Waals surface area contributed by atoms with Crippen LogP contribution in [0.5, 0.6) is 0 Å². The van der Waals surface area contributed by atoms with E-state index in [4.69, 9.17) is 12.2 Å². The first kappa shape index (κ1) is 18.5. The molecule has 0 atom stereocenters. The van der Waals surface area contributed by atoms with Crippen LogP contribution in [-0.2, 0) is 10.5 Å². The minimum atomic E-state index is -0.141. The van der Waals surface area contributed by atoms with Gasteiger partial charge in [-0.25, -0.2) is 0 Å². The maximum Gasteiger partial charge on any atom is 0.248 e. The Morgan fingerprint density at radius 3 is 2.54 bits per heavy atom. The van der Waals surface area contributed by atoms with E-state index in [9.17, 15) is 4.79 Å². The van der Waals surface area contributed by atoms with Crippen LogP contribution >= 0.6 is 24.0 Å². The first-order valence-electron chi connectivity index (χ1n) is 7.76. The molecular weight excluding hydrogens is 338 g/mol. The molecule has 0 fully saturated rings. The summed E-state index contributed by atoms with van der Waals surface area (Å²) in [6.07, 6.45) is 0. The average Bonchev–Trinajstić information content (AvgIpc) is 2.51. The zero-order chi connectivity index (χ0) is 17.6. The van der Waals surface area contributed by atoms with Gasteiger partial charge in [0.2, 0.25) is 5.91 Å². The van der Waals surface area contributed by atoms with Gasteiger partial charge in [0.05, 0.1) is 5.75 Å². The summed E-state index contributed by atoms with van der Waals surface area (Å²) in [4.78, 5) is 11.9. The number of hydrazine groups is 1. The predicted molar refractivity (Wildman–Crippen MR) is 107 cm³/mol. The van der Waals surface area contributed by atoms with E-state index in [0.29, 0.717) is 10.9 Å². The quantitative estimate of drug-likeness (QED) is 0.576. The van der Waals surface area contributed by atoms with Gasteiger partial charge < -0.3 is 5.32 Å². The molecule has 6 heteroatoms. The van der Waals surface area contributed by atoms with Crippen molar-refractivity contribution < 1.29 is 4.79 Å². The van der Waals surface area contributed by atoms with Crippen molar-refractivity contribution in [2.24, 2.45) is 0 Å². The fourth-order valence-corrected chi connectivity index (χ4v) is 3.39. The highest BCUT2D eigenvalue weighted by molar-refractivity contribution is 7.99. The van der Waals surface area contributed by atoms with Crippen molar-refractivity contribution in [1.29, 1.82) is 0 Å². The van der Waals surface area contributed by atoms with Crippen molar-refractivity contribution in [2.75, 3.05) is 5.75 Å². The van der Waals surface area contributed by atoms with Crippen LogP contribution in [0.25, 0.3) is 10.8 Å². The highest BCUT2D eigenvalue weighted by Crippen LogP contribution is 2.22. The molecule has 0 aliphatic rings. The monoisotopic (exact) mass is 361 g/mol. The van der Waals surface area contributed by atoms with Gasteiger partial charge in [0, 0.05) is 11.3 Å². The number of thiocarbonyl (C=S) groups is 1. The standard InChI is InChI=1S/C18H23N3OS2/c1-18(2,3)19-17(23)21-20-16(22)12-24-11-14-9-6-8-13-7-4-5-10-15(13)14/h4-10H,11-12H2,1-3H3,(H,20,22)(H2,19,21,23). The fourth-order valence-electron chi connectivity index (χ4n) is 2.21. The van der Waals surface area contributed by atoms with E-state index in [2.05, 4.69) is 46.5 Å². The summed E-state index contributed by atoms with van der Waals surface area (Å²) in [6, 6.07) is 14.5. The first-order chi connectivity index (χ1) is 11.3. The van der Waals surface area contributed by atoms with Crippen LogP contribution in [0.1, 0.15) is 26.3 Å². The Labute approximate surface area is 152 Å². The van der Waals surface area contributed by atoms with E-state index in [0.717, 1.165) is 5.75 Å². The second-order valence-electron chi connectivity index (χ2n) is 6.51. The Balaban J connectivity index is 1.77. The third kappa shape index (κ3) is 6.02. The largest absolute Gasteiger partial charge is 0.357 e. The van der Waals surface area contributed by atoms with Gasteiger partial charge in [-0.15, -0.1) is 11.8 Å². The van der Waals surface area contributed by atoms with Crippen LogP contribution in [0.3, 0.4) is 0 Å². The first-order valence-corrected chi connectivity index (χ1v) is 9.33. The molecule has 0 bridgehead atoms. The summed E-state index contributed by atoms with van der Waals surface area (Å²) < 4.78 is 0. The van der Waals surface area contributed by atoms with Crippen molar-refractivity contribution in [3.05, 3.63) is 48.0 Å². The van der Waals surface area contributed by atoms with Crippen LogP contribution in [0.15, 0.2) is 42.5 Å². The molecule has 0 saturated carbocycles. The molecule has 0 aliphatic heterocycles. The molecule has 0 spiro atoms. The van der Waals surface area contributed by atoms with Gasteiger partial charge in [-0.3, -0.25) is 15.6 Å². The Bertz CT molecular complexity index is 720. The molecule has 2 aromatic carbocycles. The van der Waals surface area contributed by atoms with Crippen LogP contribution in [-0.4, -0.2) is 22.3 Å². The van der Waals surface area contributed by atoms with Crippen molar-refractivity contribution in [2.45, 2.75) is 32.1 Å². The summed E-state index contributed by atoms with van der Waals surface area (Å²) in [5, 5.41) is 5.95. The summed E-state index contributed by atoms with van der Waals surface area (Å²) in [7, 11) is 0. The Hall–Kier alpha value is -1.79. The maximum atomic E-state index is 11.9. The average molecular weight is 362 g/mol. The number of fused-ring (bicyclic) bond motifs is 1. The lowest BCUT2D eigenvalue weighted by Gasteiger charge is -2.23. The number of carbonyl (C=O) groups is 1. The summed E-state index contributed by atoms with van der Waals surface area (Å²) >= 11 is 6.70. The van der Waals surface area contributed by atoms with Crippen LogP contribution in [0.4, 0.5) is 0 Å². The molecule has 0 radical (unpaired) electrons. The number of carbonyl (C=O) groups excluding carboxylic acids is 1. The van der Waals surface area contributed by atoms with Crippen LogP contribution in [0, 0.1) is 0 Å². The molecule has 0 saturated heterocycles. The van der Waals surface area contributed by atoms with Crippen LogP contribution in [0.2, 0.25) is 0 Å². The Kier molecular flexibility index (Phi) is 6.45. The van der Waals surface area contributed by atoms with Gasteiger partial charge in [0.15, 0.2) is 5.11 Å². The van der Waals surface area contributed by atoms with Crippen molar-refractivity contribution in [3.8, 4) is 0 Å². The van der Waals surface area contributed by atoms with Gasteiger partial charge in [-0.2, -0.15) is 0 Å². The van der Waals surface area contributed by atoms with E-state index in [1.165, 1.54) is 16.3 Å². The zero-order valence-corrected chi connectivity index (χ0v) is 15.8. The summed E-state index contributed by atoms with van der Waals surface area (Å²) in [5.41, 5.74) is 6.44. The second kappa shape index (κ2) is 8.35. The zero-order valence-electron chi connectivity index (χ0n) is 14.2.